The quantitative estimate of drug-likeness (QED) is 0.735. The van der Waals surface area contributed by atoms with E-state index >= 15 is 0 Å². The van der Waals surface area contributed by atoms with Gasteiger partial charge in [-0.15, -0.1) is 0 Å². The van der Waals surface area contributed by atoms with Crippen molar-refractivity contribution in [3.63, 3.8) is 0 Å². The van der Waals surface area contributed by atoms with Gasteiger partial charge in [0.05, 0.1) is 11.0 Å². The van der Waals surface area contributed by atoms with E-state index in [1.807, 2.05) is 48.5 Å². The normalized spacial score (nSPS) is 10.8. The number of benzene rings is 2. The van der Waals surface area contributed by atoms with Crippen molar-refractivity contribution in [2.45, 2.75) is 12.8 Å². The van der Waals surface area contributed by atoms with Gasteiger partial charge in [-0.1, -0.05) is 35.9 Å². The maximum absolute atomic E-state index is 12.1. The van der Waals surface area contributed by atoms with E-state index in [0.29, 0.717) is 23.7 Å². The number of hydrogen-bond donors (Lipinski definition) is 1. The van der Waals surface area contributed by atoms with Crippen molar-refractivity contribution < 1.29 is 4.79 Å². The van der Waals surface area contributed by atoms with Gasteiger partial charge in [0.1, 0.15) is 0 Å². The summed E-state index contributed by atoms with van der Waals surface area (Å²) in [4.78, 5) is 19.5. The van der Waals surface area contributed by atoms with Crippen molar-refractivity contribution in [3.8, 4) is 0 Å². The Balaban J connectivity index is 1.73. The number of aromatic nitrogens is 2. The molecule has 0 bridgehead atoms. The summed E-state index contributed by atoms with van der Waals surface area (Å²) in [7, 11) is 0. The molecule has 1 heterocycles. The summed E-state index contributed by atoms with van der Waals surface area (Å²) in [6.45, 7) is 0. The van der Waals surface area contributed by atoms with E-state index in [0.717, 1.165) is 16.6 Å². The predicted molar refractivity (Wildman–Crippen MR) is 80.2 cm³/mol. The van der Waals surface area contributed by atoms with Crippen LogP contribution in [0.4, 0.5) is 0 Å². The SMILES string of the molecule is O=C(CCc1cccc(Cl)c1)c1nc2ccccc2[nH]1. The topological polar surface area (TPSA) is 45.8 Å². The van der Waals surface area contributed by atoms with Crippen molar-refractivity contribution in [2.75, 3.05) is 0 Å². The summed E-state index contributed by atoms with van der Waals surface area (Å²) in [6.07, 6.45) is 1.08. The molecule has 100 valence electrons. The number of aromatic amines is 1. The minimum atomic E-state index is 0.0150. The second kappa shape index (κ2) is 5.47. The van der Waals surface area contributed by atoms with Crippen LogP contribution >= 0.6 is 11.6 Å². The fraction of sp³-hybridized carbons (Fsp3) is 0.125. The second-order valence-electron chi connectivity index (χ2n) is 4.66. The molecule has 1 aromatic heterocycles. The first kappa shape index (κ1) is 12.9. The number of carbonyl (C=O) groups excluding carboxylic acids is 1. The Morgan fingerprint density at radius 1 is 1.15 bits per heavy atom. The molecular weight excluding hydrogens is 272 g/mol. The van der Waals surface area contributed by atoms with Crippen LogP contribution in [0.5, 0.6) is 0 Å². The number of imidazole rings is 1. The van der Waals surface area contributed by atoms with E-state index < -0.39 is 0 Å². The lowest BCUT2D eigenvalue weighted by Gasteiger charge is -2.00. The van der Waals surface area contributed by atoms with Gasteiger partial charge in [-0.25, -0.2) is 4.98 Å². The maximum Gasteiger partial charge on any atom is 0.198 e. The van der Waals surface area contributed by atoms with Gasteiger partial charge in [-0.2, -0.15) is 0 Å². The number of nitrogens with zero attached hydrogens (tertiary/aromatic N) is 1. The number of H-pyrrole nitrogens is 1. The zero-order valence-corrected chi connectivity index (χ0v) is 11.5. The van der Waals surface area contributed by atoms with Crippen LogP contribution in [0.15, 0.2) is 48.5 Å². The maximum atomic E-state index is 12.1. The van der Waals surface area contributed by atoms with E-state index in [9.17, 15) is 4.79 Å². The Hall–Kier alpha value is -2.13. The minimum Gasteiger partial charge on any atom is -0.335 e. The Morgan fingerprint density at radius 2 is 2.00 bits per heavy atom. The summed E-state index contributed by atoms with van der Waals surface area (Å²) < 4.78 is 0. The van der Waals surface area contributed by atoms with Gasteiger partial charge >= 0.3 is 0 Å². The number of halogens is 1. The van der Waals surface area contributed by atoms with Gasteiger partial charge in [0.2, 0.25) is 0 Å². The fourth-order valence-corrected chi connectivity index (χ4v) is 2.37. The lowest BCUT2D eigenvalue weighted by molar-refractivity contribution is 0.0974. The van der Waals surface area contributed by atoms with Crippen molar-refractivity contribution in [1.82, 2.24) is 9.97 Å². The van der Waals surface area contributed by atoms with Crippen LogP contribution in [0, 0.1) is 0 Å². The monoisotopic (exact) mass is 284 g/mol. The highest BCUT2D eigenvalue weighted by Gasteiger charge is 2.11. The molecule has 0 spiro atoms. The molecule has 3 aromatic rings. The Bertz CT molecular complexity index is 731. The van der Waals surface area contributed by atoms with E-state index in [4.69, 9.17) is 11.6 Å². The highest BCUT2D eigenvalue weighted by atomic mass is 35.5. The molecule has 2 aromatic carbocycles. The molecule has 3 rings (SSSR count). The number of hydrogen-bond acceptors (Lipinski definition) is 2. The van der Waals surface area contributed by atoms with E-state index in [2.05, 4.69) is 9.97 Å². The lowest BCUT2D eigenvalue weighted by atomic mass is 10.1. The Kier molecular flexibility index (Phi) is 3.52. The first-order valence-electron chi connectivity index (χ1n) is 6.45. The third-order valence-corrected chi connectivity index (χ3v) is 3.42. The van der Waals surface area contributed by atoms with Gasteiger partial charge in [0.15, 0.2) is 11.6 Å². The number of rotatable bonds is 4. The number of nitrogens with one attached hydrogen (secondary N) is 1. The largest absolute Gasteiger partial charge is 0.335 e. The molecule has 0 unspecified atom stereocenters. The molecule has 0 radical (unpaired) electrons. The molecule has 0 atom stereocenters. The first-order valence-corrected chi connectivity index (χ1v) is 6.82. The summed E-state index contributed by atoms with van der Waals surface area (Å²) in [5, 5.41) is 0.693. The minimum absolute atomic E-state index is 0.0150. The van der Waals surface area contributed by atoms with Gasteiger partial charge in [0, 0.05) is 11.4 Å². The van der Waals surface area contributed by atoms with E-state index in [-0.39, 0.29) is 5.78 Å². The first-order chi connectivity index (χ1) is 9.72. The number of aryl methyl sites for hydroxylation is 1. The number of Topliss-reactive ketones (excluding diaryl/α,β-unsaturated/α-hetero) is 1. The highest BCUT2D eigenvalue weighted by Crippen LogP contribution is 2.15. The third-order valence-electron chi connectivity index (χ3n) is 3.18. The lowest BCUT2D eigenvalue weighted by Crippen LogP contribution is -2.03. The van der Waals surface area contributed by atoms with Crippen LogP contribution in [-0.4, -0.2) is 15.8 Å². The average Bonchev–Trinajstić information content (AvgIpc) is 2.89. The standard InChI is InChI=1S/C16H13ClN2O/c17-12-5-3-4-11(10-12)8-9-15(20)16-18-13-6-1-2-7-14(13)19-16/h1-7,10H,8-9H2,(H,18,19). The highest BCUT2D eigenvalue weighted by molar-refractivity contribution is 6.30. The molecule has 1 N–H and O–H groups in total. The number of fused-ring (bicyclic) bond motifs is 1. The van der Waals surface area contributed by atoms with Crippen molar-refractivity contribution in [1.29, 1.82) is 0 Å². The van der Waals surface area contributed by atoms with Crippen LogP contribution < -0.4 is 0 Å². The van der Waals surface area contributed by atoms with Gasteiger partial charge in [0.25, 0.3) is 0 Å². The zero-order chi connectivity index (χ0) is 13.9. The summed E-state index contributed by atoms with van der Waals surface area (Å²) in [5.74, 6) is 0.439. The molecule has 0 aliphatic rings. The van der Waals surface area contributed by atoms with Crippen molar-refractivity contribution in [2.24, 2.45) is 0 Å². The summed E-state index contributed by atoms with van der Waals surface area (Å²) in [5.41, 5.74) is 2.76. The molecule has 0 aliphatic heterocycles. The van der Waals surface area contributed by atoms with Crippen molar-refractivity contribution in [3.05, 3.63) is 64.9 Å². The zero-order valence-electron chi connectivity index (χ0n) is 10.8. The van der Waals surface area contributed by atoms with E-state index in [1.54, 1.807) is 0 Å². The molecule has 0 saturated heterocycles. The molecule has 0 fully saturated rings. The molecule has 0 saturated carbocycles. The Morgan fingerprint density at radius 3 is 2.80 bits per heavy atom. The molecule has 0 aliphatic carbocycles. The van der Waals surface area contributed by atoms with Gasteiger partial charge in [-0.05, 0) is 36.2 Å². The van der Waals surface area contributed by atoms with E-state index in [1.165, 1.54) is 0 Å². The summed E-state index contributed by atoms with van der Waals surface area (Å²) >= 11 is 5.93. The average molecular weight is 285 g/mol. The van der Waals surface area contributed by atoms with Gasteiger partial charge in [-0.3, -0.25) is 4.79 Å². The van der Waals surface area contributed by atoms with Crippen LogP contribution in [0.3, 0.4) is 0 Å². The third kappa shape index (κ3) is 2.73. The van der Waals surface area contributed by atoms with Crippen LogP contribution in [-0.2, 0) is 6.42 Å². The van der Waals surface area contributed by atoms with Crippen LogP contribution in [0.1, 0.15) is 22.6 Å². The van der Waals surface area contributed by atoms with Gasteiger partial charge < -0.3 is 4.98 Å². The number of para-hydroxylation sites is 2. The number of carbonyl (C=O) groups is 1. The molecular formula is C16H13ClN2O. The second-order valence-corrected chi connectivity index (χ2v) is 5.09. The summed E-state index contributed by atoms with van der Waals surface area (Å²) in [6, 6.07) is 15.2. The molecule has 20 heavy (non-hydrogen) atoms. The number of ketones is 1. The van der Waals surface area contributed by atoms with Crippen LogP contribution in [0.25, 0.3) is 11.0 Å². The smallest absolute Gasteiger partial charge is 0.198 e. The van der Waals surface area contributed by atoms with Crippen LogP contribution in [0.2, 0.25) is 5.02 Å². The molecule has 3 nitrogen and oxygen atoms in total. The fourth-order valence-electron chi connectivity index (χ4n) is 2.15. The molecule has 4 heteroatoms. The van der Waals surface area contributed by atoms with Crippen molar-refractivity contribution >= 4 is 28.4 Å². The predicted octanol–water partition coefficient (Wildman–Crippen LogP) is 4.03. The molecule has 0 amide bonds. The Labute approximate surface area is 121 Å².